The van der Waals surface area contributed by atoms with E-state index in [-0.39, 0.29) is 29.5 Å². The molecule has 0 spiro atoms. The Hall–Kier alpha value is -3.75. The fraction of sp³-hybridized carbons (Fsp3) is 0.318. The average Bonchev–Trinajstić information content (AvgIpc) is 2.75. The number of nitro benzene ring substituents is 1. The van der Waals surface area contributed by atoms with Crippen molar-refractivity contribution < 1.29 is 28.8 Å². The lowest BCUT2D eigenvalue weighted by atomic mass is 10.1. The lowest BCUT2D eigenvalue weighted by molar-refractivity contribution is -0.384. The highest BCUT2D eigenvalue weighted by atomic mass is 16.7. The average molecular weight is 428 g/mol. The molecule has 0 aliphatic rings. The van der Waals surface area contributed by atoms with Crippen LogP contribution in [0.15, 0.2) is 54.6 Å². The van der Waals surface area contributed by atoms with Crippen LogP contribution in [0.5, 0.6) is 5.75 Å². The maximum absolute atomic E-state index is 11.8. The summed E-state index contributed by atoms with van der Waals surface area (Å²) in [6.45, 7) is -0.398. The van der Waals surface area contributed by atoms with Crippen LogP contribution >= 0.6 is 0 Å². The minimum atomic E-state index is -1.05. The van der Waals surface area contributed by atoms with Crippen molar-refractivity contribution >= 4 is 29.2 Å². The number of hydrogen-bond donors (Lipinski definition) is 1. The minimum absolute atomic E-state index is 0.0396. The number of unbranched alkanes of at least 4 members (excludes halogenated alkanes) is 3. The van der Waals surface area contributed by atoms with Gasteiger partial charge in [-0.25, -0.2) is 4.79 Å². The number of carbonyl (C=O) groups excluding carboxylic acids is 3. The molecule has 0 aromatic heterocycles. The molecule has 164 valence electrons. The van der Waals surface area contributed by atoms with Gasteiger partial charge in [0.1, 0.15) is 5.75 Å². The number of amides is 1. The van der Waals surface area contributed by atoms with Crippen molar-refractivity contribution in [2.45, 2.75) is 38.5 Å². The zero-order valence-electron chi connectivity index (χ0n) is 17.0. The van der Waals surface area contributed by atoms with Gasteiger partial charge in [-0.2, -0.15) is 0 Å². The predicted octanol–water partition coefficient (Wildman–Crippen LogP) is 4.66. The Labute approximate surface area is 179 Å². The van der Waals surface area contributed by atoms with E-state index in [1.54, 1.807) is 0 Å². The molecule has 2 rings (SSSR count). The number of benzene rings is 2. The third-order valence-corrected chi connectivity index (χ3v) is 4.27. The summed E-state index contributed by atoms with van der Waals surface area (Å²) in [6, 6.07) is 14.2. The van der Waals surface area contributed by atoms with Crippen molar-refractivity contribution in [3.8, 4) is 5.75 Å². The third kappa shape index (κ3) is 9.53. The maximum atomic E-state index is 11.8. The molecular formula is C22H24N2O7. The number of nitrogens with one attached hydrogen (secondary N) is 1. The molecule has 0 atom stereocenters. The van der Waals surface area contributed by atoms with Gasteiger partial charge >= 0.3 is 6.16 Å². The Morgan fingerprint density at radius 1 is 0.871 bits per heavy atom. The molecule has 0 unspecified atom stereocenters. The molecule has 0 radical (unpaired) electrons. The lowest BCUT2D eigenvalue weighted by Crippen LogP contribution is -2.16. The largest absolute Gasteiger partial charge is 0.514 e. The molecule has 1 N–H and O–H groups in total. The summed E-state index contributed by atoms with van der Waals surface area (Å²) in [5, 5.41) is 13.4. The van der Waals surface area contributed by atoms with Gasteiger partial charge in [0, 0.05) is 30.7 Å². The summed E-state index contributed by atoms with van der Waals surface area (Å²) < 4.78 is 9.60. The summed E-state index contributed by atoms with van der Waals surface area (Å²) in [5.41, 5.74) is 0.637. The second-order valence-electron chi connectivity index (χ2n) is 6.76. The van der Waals surface area contributed by atoms with E-state index in [4.69, 9.17) is 9.47 Å². The van der Waals surface area contributed by atoms with Crippen LogP contribution in [0.25, 0.3) is 0 Å². The summed E-state index contributed by atoms with van der Waals surface area (Å²) >= 11 is 0. The predicted molar refractivity (Wildman–Crippen MR) is 113 cm³/mol. The first-order valence-electron chi connectivity index (χ1n) is 9.89. The summed E-state index contributed by atoms with van der Waals surface area (Å²) in [7, 11) is 0. The highest BCUT2D eigenvalue weighted by molar-refractivity contribution is 5.90. The van der Waals surface area contributed by atoms with Crippen molar-refractivity contribution in [1.29, 1.82) is 0 Å². The molecule has 0 aliphatic heterocycles. The van der Waals surface area contributed by atoms with Gasteiger partial charge in [0.15, 0.2) is 12.4 Å². The first kappa shape index (κ1) is 23.5. The van der Waals surface area contributed by atoms with Crippen molar-refractivity contribution in [3.63, 3.8) is 0 Å². The van der Waals surface area contributed by atoms with Gasteiger partial charge in [0.25, 0.3) is 5.69 Å². The summed E-state index contributed by atoms with van der Waals surface area (Å²) in [4.78, 5) is 45.2. The van der Waals surface area contributed by atoms with Crippen LogP contribution in [0.4, 0.5) is 16.2 Å². The number of Topliss-reactive ketones (excluding diaryl/α,β-unsaturated/α-hetero) is 1. The lowest BCUT2D eigenvalue weighted by Gasteiger charge is -2.06. The number of ketones is 1. The van der Waals surface area contributed by atoms with E-state index in [1.807, 2.05) is 30.3 Å². The first-order valence-corrected chi connectivity index (χ1v) is 9.89. The molecule has 0 bridgehead atoms. The van der Waals surface area contributed by atoms with Gasteiger partial charge in [-0.1, -0.05) is 31.0 Å². The number of rotatable bonds is 12. The SMILES string of the molecule is O=C(CCCCCCC(=O)Nc1ccccc1)COC(=O)Oc1ccc([N+](=O)[O-])cc1. The van der Waals surface area contributed by atoms with Crippen LogP contribution < -0.4 is 10.1 Å². The molecule has 9 nitrogen and oxygen atoms in total. The number of anilines is 1. The Kier molecular flexibility index (Phi) is 9.67. The molecule has 2 aromatic rings. The van der Waals surface area contributed by atoms with Crippen LogP contribution in [-0.2, 0) is 14.3 Å². The molecular weight excluding hydrogens is 404 g/mol. The van der Waals surface area contributed by atoms with Gasteiger partial charge in [0.05, 0.1) is 4.92 Å². The topological polar surface area (TPSA) is 125 Å². The Bertz CT molecular complexity index is 882. The van der Waals surface area contributed by atoms with Gasteiger partial charge in [-0.3, -0.25) is 19.7 Å². The number of hydrogen-bond acceptors (Lipinski definition) is 7. The van der Waals surface area contributed by atoms with Crippen molar-refractivity contribution in [2.75, 3.05) is 11.9 Å². The van der Waals surface area contributed by atoms with Gasteiger partial charge in [0.2, 0.25) is 5.91 Å². The van der Waals surface area contributed by atoms with E-state index in [0.29, 0.717) is 12.8 Å². The molecule has 1 amide bonds. The zero-order valence-corrected chi connectivity index (χ0v) is 17.0. The van der Waals surface area contributed by atoms with E-state index in [9.17, 15) is 24.5 Å². The second kappa shape index (κ2) is 12.7. The van der Waals surface area contributed by atoms with Crippen LogP contribution in [0.2, 0.25) is 0 Å². The van der Waals surface area contributed by atoms with Crippen LogP contribution in [0.1, 0.15) is 38.5 Å². The van der Waals surface area contributed by atoms with Gasteiger partial charge in [-0.05, 0) is 37.1 Å². The first-order chi connectivity index (χ1) is 14.9. The quantitative estimate of drug-likeness (QED) is 0.171. The van der Waals surface area contributed by atoms with Crippen molar-refractivity contribution in [1.82, 2.24) is 0 Å². The monoisotopic (exact) mass is 428 g/mol. The van der Waals surface area contributed by atoms with E-state index < -0.39 is 17.7 Å². The fourth-order valence-electron chi connectivity index (χ4n) is 2.68. The maximum Gasteiger partial charge on any atom is 0.514 e. The number of para-hydroxylation sites is 1. The number of nitrogens with zero attached hydrogens (tertiary/aromatic N) is 1. The van der Waals surface area contributed by atoms with Crippen molar-refractivity contribution in [3.05, 3.63) is 64.7 Å². The number of ether oxygens (including phenoxy) is 2. The third-order valence-electron chi connectivity index (χ3n) is 4.27. The smallest absolute Gasteiger partial charge is 0.426 e. The standard InChI is InChI=1S/C22H24N2O7/c25-19(16-30-22(27)31-20-14-12-18(13-15-20)24(28)29)10-6-1-2-7-11-21(26)23-17-8-4-3-5-9-17/h3-5,8-9,12-15H,1-2,6-7,10-11,16H2,(H,23,26). The molecule has 0 aliphatic carbocycles. The Morgan fingerprint density at radius 3 is 2.16 bits per heavy atom. The Balaban J connectivity index is 1.51. The van der Waals surface area contributed by atoms with Gasteiger partial charge in [-0.15, -0.1) is 0 Å². The van der Waals surface area contributed by atoms with Crippen molar-refractivity contribution in [2.24, 2.45) is 0 Å². The van der Waals surface area contributed by atoms with Crippen LogP contribution in [0, 0.1) is 10.1 Å². The molecule has 0 fully saturated rings. The fourth-order valence-corrected chi connectivity index (χ4v) is 2.68. The van der Waals surface area contributed by atoms with E-state index in [2.05, 4.69) is 5.32 Å². The van der Waals surface area contributed by atoms with Gasteiger partial charge < -0.3 is 14.8 Å². The molecule has 0 heterocycles. The molecule has 0 saturated carbocycles. The zero-order chi connectivity index (χ0) is 22.5. The highest BCUT2D eigenvalue weighted by Crippen LogP contribution is 2.17. The van der Waals surface area contributed by atoms with E-state index in [0.717, 1.165) is 24.9 Å². The van der Waals surface area contributed by atoms with Crippen LogP contribution in [0.3, 0.4) is 0 Å². The number of nitro groups is 1. The molecule has 0 saturated heterocycles. The summed E-state index contributed by atoms with van der Waals surface area (Å²) in [5.74, 6) is -0.191. The minimum Gasteiger partial charge on any atom is -0.426 e. The van der Waals surface area contributed by atoms with Crippen LogP contribution in [-0.4, -0.2) is 29.4 Å². The van der Waals surface area contributed by atoms with E-state index in [1.165, 1.54) is 24.3 Å². The molecule has 9 heteroatoms. The molecule has 31 heavy (non-hydrogen) atoms. The molecule has 2 aromatic carbocycles. The highest BCUT2D eigenvalue weighted by Gasteiger charge is 2.11. The Morgan fingerprint density at radius 2 is 1.52 bits per heavy atom. The summed E-state index contributed by atoms with van der Waals surface area (Å²) in [6.07, 6.45) is 2.61. The van der Waals surface area contributed by atoms with E-state index >= 15 is 0 Å². The normalized spacial score (nSPS) is 10.2. The number of non-ortho nitro benzene ring substituents is 1. The second-order valence-corrected chi connectivity index (χ2v) is 6.76. The number of carbonyl (C=O) groups is 3.